The van der Waals surface area contributed by atoms with Gasteiger partial charge in [-0.1, -0.05) is 44.1 Å². The fourth-order valence-electron chi connectivity index (χ4n) is 3.13. The Morgan fingerprint density at radius 1 is 1.33 bits per heavy atom. The van der Waals surface area contributed by atoms with Gasteiger partial charge in [0.2, 0.25) is 0 Å². The van der Waals surface area contributed by atoms with Gasteiger partial charge in [0.05, 0.1) is 19.3 Å². The van der Waals surface area contributed by atoms with Crippen LogP contribution in [0.25, 0.3) is 0 Å². The summed E-state index contributed by atoms with van der Waals surface area (Å²) in [6.07, 6.45) is -5.02. The molecule has 0 saturated carbocycles. The Labute approximate surface area is 233 Å². The largest absolute Gasteiger partial charge is 0.462 e. The molecule has 1 aliphatic heterocycles. The third-order valence-corrected chi connectivity index (χ3v) is 8.51. The predicted molar refractivity (Wildman–Crippen MR) is 141 cm³/mol. The minimum absolute atomic E-state index is 0.102. The standard InChI is InChI=1S/C22H34ClFN3O10PS/c1-12(2)36-17(30)13(3)26-38(33,34-9-10-39-19(31)21(4,5)6)35-11-14-16(29)22(23,24)18(37-14)27-8-7-15(28)25-20(27)32/h7-8,12-14,16,18,29H,9-11H2,1-6H3,(H,26,33)(H,25,28,32)/t13-,14+,16+,18+,22+,38-/m0/s1. The fraction of sp³-hybridized carbons (Fsp3) is 0.727. The highest BCUT2D eigenvalue weighted by Crippen LogP contribution is 2.48. The van der Waals surface area contributed by atoms with Crippen LogP contribution in [0.5, 0.6) is 0 Å². The van der Waals surface area contributed by atoms with Crippen molar-refractivity contribution in [1.29, 1.82) is 0 Å². The highest BCUT2D eigenvalue weighted by Gasteiger charge is 2.58. The Kier molecular flexibility index (Phi) is 11.5. The van der Waals surface area contributed by atoms with Gasteiger partial charge in [-0.25, -0.2) is 18.8 Å². The number of aromatic amines is 1. The first-order chi connectivity index (χ1) is 17.9. The highest BCUT2D eigenvalue weighted by atomic mass is 35.5. The van der Waals surface area contributed by atoms with E-state index in [4.69, 9.17) is 30.1 Å². The van der Waals surface area contributed by atoms with Crippen molar-refractivity contribution in [1.82, 2.24) is 14.6 Å². The molecule has 0 aliphatic carbocycles. The summed E-state index contributed by atoms with van der Waals surface area (Å²) in [6, 6.07) is -0.239. The van der Waals surface area contributed by atoms with Crippen molar-refractivity contribution in [3.05, 3.63) is 33.1 Å². The van der Waals surface area contributed by atoms with Crippen LogP contribution in [0.15, 0.2) is 21.9 Å². The van der Waals surface area contributed by atoms with E-state index in [-0.39, 0.29) is 17.5 Å². The molecule has 0 spiro atoms. The van der Waals surface area contributed by atoms with Crippen LogP contribution >= 0.6 is 31.1 Å². The first-order valence-electron chi connectivity index (χ1n) is 11.9. The van der Waals surface area contributed by atoms with Crippen molar-refractivity contribution in [3.8, 4) is 0 Å². The molecule has 1 fully saturated rings. The Bertz CT molecular complexity index is 1190. The normalized spacial score (nSPS) is 25.8. The van der Waals surface area contributed by atoms with E-state index in [0.29, 0.717) is 4.57 Å². The van der Waals surface area contributed by atoms with Crippen LogP contribution < -0.4 is 16.3 Å². The number of esters is 1. The molecule has 0 amide bonds. The number of hydrogen-bond acceptors (Lipinski definition) is 11. The first-order valence-corrected chi connectivity index (χ1v) is 14.9. The average molecular weight is 618 g/mol. The lowest BCUT2D eigenvalue weighted by molar-refractivity contribution is -0.149. The molecule has 1 aliphatic rings. The van der Waals surface area contributed by atoms with Crippen molar-refractivity contribution >= 4 is 42.2 Å². The van der Waals surface area contributed by atoms with E-state index in [1.54, 1.807) is 34.6 Å². The Morgan fingerprint density at radius 3 is 2.54 bits per heavy atom. The number of carbonyl (C=O) groups is 2. The van der Waals surface area contributed by atoms with Crippen LogP contribution in [0, 0.1) is 5.41 Å². The van der Waals surface area contributed by atoms with E-state index < -0.39 is 72.7 Å². The van der Waals surface area contributed by atoms with Crippen molar-refractivity contribution in [3.63, 3.8) is 0 Å². The molecule has 2 heterocycles. The van der Waals surface area contributed by atoms with Crippen LogP contribution in [-0.2, 0) is 32.7 Å². The molecule has 3 N–H and O–H groups in total. The molecule has 1 aromatic rings. The minimum Gasteiger partial charge on any atom is -0.462 e. The number of halogens is 2. The number of thioether (sulfide) groups is 1. The molecule has 222 valence electrons. The highest BCUT2D eigenvalue weighted by molar-refractivity contribution is 8.13. The average Bonchev–Trinajstić information content (AvgIpc) is 3.03. The molecule has 2 rings (SSSR count). The quantitative estimate of drug-likeness (QED) is 0.135. The van der Waals surface area contributed by atoms with Crippen LogP contribution in [0.3, 0.4) is 0 Å². The molecule has 13 nitrogen and oxygen atoms in total. The zero-order valence-corrected chi connectivity index (χ0v) is 24.8. The van der Waals surface area contributed by atoms with Gasteiger partial charge in [-0.05, 0) is 20.8 Å². The monoisotopic (exact) mass is 617 g/mol. The number of aliphatic hydroxyl groups excluding tert-OH is 1. The van der Waals surface area contributed by atoms with Crippen LogP contribution in [0.2, 0.25) is 0 Å². The second-order valence-electron chi connectivity index (χ2n) is 10.0. The van der Waals surface area contributed by atoms with E-state index >= 15 is 4.39 Å². The van der Waals surface area contributed by atoms with Gasteiger partial charge < -0.3 is 14.6 Å². The lowest BCUT2D eigenvalue weighted by atomic mass is 10.00. The number of H-pyrrole nitrogens is 1. The minimum atomic E-state index is -4.35. The van der Waals surface area contributed by atoms with Gasteiger partial charge in [-0.3, -0.25) is 33.0 Å². The van der Waals surface area contributed by atoms with E-state index in [0.717, 1.165) is 24.0 Å². The summed E-state index contributed by atoms with van der Waals surface area (Å²) in [5, 5.41) is 9.70. The van der Waals surface area contributed by atoms with Crippen molar-refractivity contribution in [2.45, 2.75) is 77.3 Å². The Morgan fingerprint density at radius 2 is 1.97 bits per heavy atom. The van der Waals surface area contributed by atoms with Gasteiger partial charge >= 0.3 is 19.4 Å². The molecule has 17 heteroatoms. The van der Waals surface area contributed by atoms with E-state index in [9.17, 15) is 28.8 Å². The van der Waals surface area contributed by atoms with Gasteiger partial charge in [0.15, 0.2) is 11.3 Å². The lowest BCUT2D eigenvalue weighted by Crippen LogP contribution is -2.42. The Balaban J connectivity index is 2.16. The summed E-state index contributed by atoms with van der Waals surface area (Å²) < 4.78 is 50.6. The maximum Gasteiger partial charge on any atom is 0.406 e. The summed E-state index contributed by atoms with van der Waals surface area (Å²) in [7, 11) is -4.35. The van der Waals surface area contributed by atoms with Gasteiger partial charge in [-0.2, -0.15) is 0 Å². The molecule has 0 unspecified atom stereocenters. The summed E-state index contributed by atoms with van der Waals surface area (Å²) in [5.41, 5.74) is -2.40. The second kappa shape index (κ2) is 13.4. The number of aromatic nitrogens is 2. The SMILES string of the molecule is CC(C)OC(=O)[C@H](C)N[P@](=O)(OCCSC(=O)C(C)(C)C)OC[C@H]1O[C@@H](n2ccc(=O)[nH]c2=O)[C@@](F)(Cl)[C@@H]1O. The molecule has 0 aromatic carbocycles. The lowest BCUT2D eigenvalue weighted by Gasteiger charge is -2.25. The van der Waals surface area contributed by atoms with Crippen molar-refractivity contribution in [2.24, 2.45) is 5.41 Å². The summed E-state index contributed by atoms with van der Waals surface area (Å²) >= 11 is 6.81. The summed E-state index contributed by atoms with van der Waals surface area (Å²) in [6.45, 7) is 8.83. The smallest absolute Gasteiger partial charge is 0.406 e. The predicted octanol–water partition coefficient (Wildman–Crippen LogP) is 2.08. The number of nitrogens with one attached hydrogen (secondary N) is 2. The molecule has 0 radical (unpaired) electrons. The number of aliphatic hydroxyl groups is 1. The van der Waals surface area contributed by atoms with E-state index in [1.165, 1.54) is 6.92 Å². The number of ether oxygens (including phenoxy) is 2. The molecule has 1 aromatic heterocycles. The topological polar surface area (TPSA) is 175 Å². The number of hydrogen-bond donors (Lipinski definition) is 3. The van der Waals surface area contributed by atoms with Gasteiger partial charge in [0.25, 0.3) is 10.7 Å². The van der Waals surface area contributed by atoms with Crippen LogP contribution in [0.4, 0.5) is 4.39 Å². The van der Waals surface area contributed by atoms with Crippen LogP contribution in [0.1, 0.15) is 47.8 Å². The molecule has 0 bridgehead atoms. The van der Waals surface area contributed by atoms with E-state index in [1.807, 2.05) is 4.98 Å². The third kappa shape index (κ3) is 9.22. The maximum atomic E-state index is 15.2. The van der Waals surface area contributed by atoms with Gasteiger partial charge in [0, 0.05) is 23.4 Å². The number of rotatable bonds is 12. The van der Waals surface area contributed by atoms with Gasteiger partial charge in [-0.15, -0.1) is 0 Å². The van der Waals surface area contributed by atoms with Crippen molar-refractivity contribution < 1.29 is 42.2 Å². The molecule has 39 heavy (non-hydrogen) atoms. The molecule has 6 atom stereocenters. The molecule has 1 saturated heterocycles. The maximum absolute atomic E-state index is 15.2. The second-order valence-corrected chi connectivity index (χ2v) is 13.4. The van der Waals surface area contributed by atoms with Crippen LogP contribution in [-0.4, -0.2) is 74.2 Å². The zero-order chi connectivity index (χ0) is 29.8. The Hall–Kier alpha value is -1.58. The number of nitrogens with zero attached hydrogens (tertiary/aromatic N) is 1. The number of alkyl halides is 2. The molecular formula is C22H34ClFN3O10PS. The summed E-state index contributed by atoms with van der Waals surface area (Å²) in [4.78, 5) is 49.8. The molecular weight excluding hydrogens is 584 g/mol. The third-order valence-electron chi connectivity index (χ3n) is 5.14. The first kappa shape index (κ1) is 33.6. The van der Waals surface area contributed by atoms with E-state index in [2.05, 4.69) is 5.09 Å². The number of carbonyl (C=O) groups excluding carboxylic acids is 2. The zero-order valence-electron chi connectivity index (χ0n) is 22.3. The summed E-state index contributed by atoms with van der Waals surface area (Å²) in [5.74, 6) is -0.654. The van der Waals surface area contributed by atoms with Gasteiger partial charge in [0.1, 0.15) is 18.2 Å². The van der Waals surface area contributed by atoms with Crippen molar-refractivity contribution in [2.75, 3.05) is 19.0 Å². The fourth-order valence-corrected chi connectivity index (χ4v) is 5.82.